The lowest BCUT2D eigenvalue weighted by molar-refractivity contribution is -0.115. The van der Waals surface area contributed by atoms with E-state index in [4.69, 9.17) is 13.9 Å². The third kappa shape index (κ3) is 4.25. The number of aryl methyl sites for hydroxylation is 1. The molecule has 1 atom stereocenters. The van der Waals surface area contributed by atoms with Crippen molar-refractivity contribution in [1.29, 1.82) is 0 Å². The van der Waals surface area contributed by atoms with Gasteiger partial charge in [-0.1, -0.05) is 12.1 Å². The lowest BCUT2D eigenvalue weighted by Crippen LogP contribution is -2.21. The third-order valence-electron chi connectivity index (χ3n) is 4.76. The van der Waals surface area contributed by atoms with Crippen LogP contribution in [0.2, 0.25) is 0 Å². The van der Waals surface area contributed by atoms with Gasteiger partial charge in [0, 0.05) is 17.8 Å². The maximum Gasteiger partial charge on any atom is 0.340 e. The minimum absolute atomic E-state index is 0.155. The summed E-state index contributed by atoms with van der Waals surface area (Å²) in [5.41, 5.74) is 1.84. The highest BCUT2D eigenvalue weighted by Gasteiger charge is 2.19. The van der Waals surface area contributed by atoms with Crippen LogP contribution in [0.5, 0.6) is 11.5 Å². The first-order valence-corrected chi connectivity index (χ1v) is 9.10. The predicted octanol–water partition coefficient (Wildman–Crippen LogP) is 3.35. The molecule has 1 amide bonds. The predicted molar refractivity (Wildman–Crippen MR) is 110 cm³/mol. The first-order chi connectivity index (χ1) is 13.8. The number of aliphatic hydroxyl groups is 1. The molecule has 0 saturated heterocycles. The monoisotopic (exact) mass is 397 g/mol. The van der Waals surface area contributed by atoms with Crippen LogP contribution >= 0.6 is 0 Å². The van der Waals surface area contributed by atoms with E-state index in [1.165, 1.54) is 14.2 Å². The van der Waals surface area contributed by atoms with Crippen molar-refractivity contribution in [3.63, 3.8) is 0 Å². The van der Waals surface area contributed by atoms with Crippen molar-refractivity contribution in [3.05, 3.63) is 63.5 Å². The number of carbonyl (C=O) groups excluding carboxylic acids is 1. The number of nitrogens with one attached hydrogen (secondary N) is 1. The smallest absolute Gasteiger partial charge is 0.340 e. The van der Waals surface area contributed by atoms with Crippen LogP contribution in [-0.2, 0) is 11.2 Å². The topological polar surface area (TPSA) is 98.0 Å². The number of benzene rings is 2. The molecule has 0 saturated carbocycles. The maximum atomic E-state index is 12.6. The van der Waals surface area contributed by atoms with E-state index in [1.54, 1.807) is 50.2 Å². The SMILES string of the molecule is COc1cc(OC)c2c(C)c(CC(=O)Nc3cccc(C(C)O)c3)c(=O)oc2c1. The molecule has 0 fully saturated rings. The van der Waals surface area contributed by atoms with Crippen LogP contribution < -0.4 is 20.4 Å². The second-order valence-corrected chi connectivity index (χ2v) is 6.72. The number of methoxy groups -OCH3 is 2. The first-order valence-electron chi connectivity index (χ1n) is 9.10. The zero-order chi connectivity index (χ0) is 21.1. The molecule has 7 heteroatoms. The molecule has 0 radical (unpaired) electrons. The summed E-state index contributed by atoms with van der Waals surface area (Å²) in [6.45, 7) is 3.40. The van der Waals surface area contributed by atoms with Crippen molar-refractivity contribution in [3.8, 4) is 11.5 Å². The molecular weight excluding hydrogens is 374 g/mol. The second kappa shape index (κ2) is 8.36. The number of amides is 1. The van der Waals surface area contributed by atoms with Crippen molar-refractivity contribution in [2.24, 2.45) is 0 Å². The van der Waals surface area contributed by atoms with Gasteiger partial charge >= 0.3 is 5.63 Å². The van der Waals surface area contributed by atoms with Crippen molar-refractivity contribution < 1.29 is 23.8 Å². The van der Waals surface area contributed by atoms with E-state index in [2.05, 4.69) is 5.32 Å². The average Bonchev–Trinajstić information content (AvgIpc) is 2.70. The lowest BCUT2D eigenvalue weighted by atomic mass is 10.0. The largest absolute Gasteiger partial charge is 0.496 e. The molecule has 1 heterocycles. The summed E-state index contributed by atoms with van der Waals surface area (Å²) in [7, 11) is 3.02. The van der Waals surface area contributed by atoms with Gasteiger partial charge in [0.15, 0.2) is 0 Å². The van der Waals surface area contributed by atoms with Gasteiger partial charge in [-0.2, -0.15) is 0 Å². The Bertz CT molecular complexity index is 1120. The van der Waals surface area contributed by atoms with Crippen LogP contribution in [0.25, 0.3) is 11.0 Å². The highest BCUT2D eigenvalue weighted by molar-refractivity contribution is 5.94. The van der Waals surface area contributed by atoms with E-state index in [1.807, 2.05) is 0 Å². The van der Waals surface area contributed by atoms with Gasteiger partial charge in [-0.05, 0) is 37.1 Å². The number of rotatable bonds is 6. The zero-order valence-corrected chi connectivity index (χ0v) is 16.7. The van der Waals surface area contributed by atoms with Gasteiger partial charge in [0.05, 0.1) is 37.7 Å². The molecule has 0 bridgehead atoms. The van der Waals surface area contributed by atoms with Crippen molar-refractivity contribution in [2.75, 3.05) is 19.5 Å². The van der Waals surface area contributed by atoms with E-state index >= 15 is 0 Å². The minimum atomic E-state index is -0.647. The first kappa shape index (κ1) is 20.4. The average molecular weight is 397 g/mol. The fourth-order valence-corrected chi connectivity index (χ4v) is 3.21. The Hall–Kier alpha value is -3.32. The van der Waals surface area contributed by atoms with E-state index in [9.17, 15) is 14.7 Å². The Labute approximate surface area is 167 Å². The van der Waals surface area contributed by atoms with Gasteiger partial charge in [0.2, 0.25) is 5.91 Å². The molecule has 7 nitrogen and oxygen atoms in total. The molecule has 0 spiro atoms. The molecule has 1 unspecified atom stereocenters. The third-order valence-corrected chi connectivity index (χ3v) is 4.76. The molecule has 3 aromatic rings. The Kier molecular flexibility index (Phi) is 5.89. The van der Waals surface area contributed by atoms with E-state index in [0.717, 1.165) is 0 Å². The fraction of sp³-hybridized carbons (Fsp3) is 0.273. The van der Waals surface area contributed by atoms with E-state index in [0.29, 0.717) is 39.3 Å². The maximum absolute atomic E-state index is 12.6. The Morgan fingerprint density at radius 1 is 1.21 bits per heavy atom. The number of hydrogen-bond acceptors (Lipinski definition) is 6. The molecule has 2 N–H and O–H groups in total. The van der Waals surface area contributed by atoms with Gasteiger partial charge in [-0.25, -0.2) is 4.79 Å². The van der Waals surface area contributed by atoms with Crippen molar-refractivity contribution in [2.45, 2.75) is 26.4 Å². The molecule has 1 aromatic heterocycles. The zero-order valence-electron chi connectivity index (χ0n) is 16.7. The number of fused-ring (bicyclic) bond motifs is 1. The van der Waals surface area contributed by atoms with Crippen LogP contribution in [0.3, 0.4) is 0 Å². The number of anilines is 1. The van der Waals surface area contributed by atoms with Crippen molar-refractivity contribution in [1.82, 2.24) is 0 Å². The Morgan fingerprint density at radius 2 is 1.97 bits per heavy atom. The van der Waals surface area contributed by atoms with E-state index in [-0.39, 0.29) is 17.9 Å². The number of hydrogen-bond donors (Lipinski definition) is 2. The minimum Gasteiger partial charge on any atom is -0.496 e. The second-order valence-electron chi connectivity index (χ2n) is 6.72. The van der Waals surface area contributed by atoms with Gasteiger partial charge in [0.25, 0.3) is 0 Å². The Morgan fingerprint density at radius 3 is 2.62 bits per heavy atom. The van der Waals surface area contributed by atoms with Crippen molar-refractivity contribution >= 4 is 22.6 Å². The summed E-state index contributed by atoms with van der Waals surface area (Å²) in [4.78, 5) is 25.1. The van der Waals surface area contributed by atoms with Crippen LogP contribution in [0.1, 0.15) is 29.7 Å². The number of carbonyl (C=O) groups is 1. The van der Waals surface area contributed by atoms with Crippen LogP contribution in [0.15, 0.2) is 45.6 Å². The quantitative estimate of drug-likeness (QED) is 0.619. The molecule has 0 aliphatic heterocycles. The number of aliphatic hydroxyl groups excluding tert-OH is 1. The summed E-state index contributed by atoms with van der Waals surface area (Å²) >= 11 is 0. The Balaban J connectivity index is 1.94. The fourth-order valence-electron chi connectivity index (χ4n) is 3.21. The normalized spacial score (nSPS) is 11.9. The summed E-state index contributed by atoms with van der Waals surface area (Å²) < 4.78 is 16.1. The van der Waals surface area contributed by atoms with E-state index < -0.39 is 11.7 Å². The molecule has 3 rings (SSSR count). The molecular formula is C22H23NO6. The number of ether oxygens (including phenoxy) is 2. The molecule has 0 aliphatic rings. The van der Waals surface area contributed by atoms with Gasteiger partial charge in [-0.3, -0.25) is 4.79 Å². The van der Waals surface area contributed by atoms with Crippen LogP contribution in [-0.4, -0.2) is 25.2 Å². The molecule has 2 aromatic carbocycles. The summed E-state index contributed by atoms with van der Waals surface area (Å²) in [6, 6.07) is 10.2. The summed E-state index contributed by atoms with van der Waals surface area (Å²) in [6.07, 6.45) is -0.802. The molecule has 152 valence electrons. The highest BCUT2D eigenvalue weighted by atomic mass is 16.5. The molecule has 29 heavy (non-hydrogen) atoms. The lowest BCUT2D eigenvalue weighted by Gasteiger charge is -2.13. The van der Waals surface area contributed by atoms with Gasteiger partial charge < -0.3 is 24.3 Å². The molecule has 0 aliphatic carbocycles. The van der Waals surface area contributed by atoms with Crippen LogP contribution in [0.4, 0.5) is 5.69 Å². The summed E-state index contributed by atoms with van der Waals surface area (Å²) in [5, 5.41) is 13.1. The van der Waals surface area contributed by atoms with Gasteiger partial charge in [0.1, 0.15) is 17.1 Å². The standard InChI is InChI=1S/C22H23NO6/c1-12-17(11-20(25)23-15-7-5-6-14(8-15)13(2)24)22(26)29-19-10-16(27-3)9-18(28-4)21(12)19/h5-10,13,24H,11H2,1-4H3,(H,23,25). The summed E-state index contributed by atoms with van der Waals surface area (Å²) in [5.74, 6) is 0.627. The van der Waals surface area contributed by atoms with Gasteiger partial charge in [-0.15, -0.1) is 0 Å². The highest BCUT2D eigenvalue weighted by Crippen LogP contribution is 2.33. The van der Waals surface area contributed by atoms with Crippen LogP contribution in [0, 0.1) is 6.92 Å².